The lowest BCUT2D eigenvalue weighted by atomic mass is 9.97. The summed E-state index contributed by atoms with van der Waals surface area (Å²) in [5.41, 5.74) is 3.14. The fourth-order valence-corrected chi connectivity index (χ4v) is 3.90. The van der Waals surface area contributed by atoms with E-state index in [9.17, 15) is 9.90 Å². The SMILES string of the molecule is Cc1ccccc1[C@H](OC[C@H](O)Cn1nc(-c2cccs2)oc1=O)c1ccccc1. The molecule has 0 fully saturated rings. The number of rotatable bonds is 8. The lowest BCUT2D eigenvalue weighted by Gasteiger charge is -2.22. The Balaban J connectivity index is 1.48. The van der Waals surface area contributed by atoms with Crippen LogP contribution in [0, 0.1) is 6.92 Å². The summed E-state index contributed by atoms with van der Waals surface area (Å²) in [6, 6.07) is 21.6. The average molecular weight is 423 g/mol. The Kier molecular flexibility index (Phi) is 6.23. The van der Waals surface area contributed by atoms with Gasteiger partial charge in [-0.1, -0.05) is 60.7 Å². The number of aromatic nitrogens is 2. The van der Waals surface area contributed by atoms with Gasteiger partial charge in [-0.15, -0.1) is 16.4 Å². The summed E-state index contributed by atoms with van der Waals surface area (Å²) in [5.74, 6) is -0.346. The molecule has 1 N–H and O–H groups in total. The molecule has 2 heterocycles. The van der Waals surface area contributed by atoms with Crippen LogP contribution in [0.15, 0.2) is 81.3 Å². The molecule has 6 nitrogen and oxygen atoms in total. The smallest absolute Gasteiger partial charge is 0.389 e. The molecule has 154 valence electrons. The highest BCUT2D eigenvalue weighted by atomic mass is 32.1. The first-order valence-corrected chi connectivity index (χ1v) is 10.5. The highest BCUT2D eigenvalue weighted by molar-refractivity contribution is 7.13. The highest BCUT2D eigenvalue weighted by Crippen LogP contribution is 2.28. The molecular weight excluding hydrogens is 400 g/mol. The summed E-state index contributed by atoms with van der Waals surface area (Å²) in [5, 5.41) is 16.6. The normalized spacial score (nSPS) is 13.3. The van der Waals surface area contributed by atoms with Crippen LogP contribution in [-0.2, 0) is 11.3 Å². The first kappa shape index (κ1) is 20.3. The van der Waals surface area contributed by atoms with Gasteiger partial charge in [-0.25, -0.2) is 4.79 Å². The van der Waals surface area contributed by atoms with Crippen LogP contribution in [-0.4, -0.2) is 27.6 Å². The summed E-state index contributed by atoms with van der Waals surface area (Å²) in [6.07, 6.45) is -1.24. The van der Waals surface area contributed by atoms with Gasteiger partial charge in [0.05, 0.1) is 24.1 Å². The minimum absolute atomic E-state index is 0.0109. The topological polar surface area (TPSA) is 77.5 Å². The van der Waals surface area contributed by atoms with Gasteiger partial charge < -0.3 is 14.3 Å². The lowest BCUT2D eigenvalue weighted by Crippen LogP contribution is -2.28. The quantitative estimate of drug-likeness (QED) is 0.464. The van der Waals surface area contributed by atoms with Crippen molar-refractivity contribution in [3.63, 3.8) is 0 Å². The molecule has 4 rings (SSSR count). The third-order valence-electron chi connectivity index (χ3n) is 4.75. The summed E-state index contributed by atoms with van der Waals surface area (Å²) < 4.78 is 12.5. The molecule has 0 unspecified atom stereocenters. The van der Waals surface area contributed by atoms with Crippen LogP contribution in [0.1, 0.15) is 22.8 Å². The van der Waals surface area contributed by atoms with Crippen molar-refractivity contribution in [2.45, 2.75) is 25.7 Å². The minimum Gasteiger partial charge on any atom is -0.389 e. The van der Waals surface area contributed by atoms with Crippen molar-refractivity contribution >= 4 is 11.3 Å². The zero-order chi connectivity index (χ0) is 20.9. The number of ether oxygens (including phenoxy) is 1. The van der Waals surface area contributed by atoms with E-state index in [1.165, 1.54) is 11.3 Å². The molecule has 2 aromatic carbocycles. The van der Waals surface area contributed by atoms with E-state index in [1.807, 2.05) is 79.0 Å². The Morgan fingerprint density at radius 2 is 1.87 bits per heavy atom. The molecule has 2 atom stereocenters. The number of aliphatic hydroxyl groups is 1. The van der Waals surface area contributed by atoms with E-state index in [1.54, 1.807) is 0 Å². The molecular formula is C23H22N2O4S. The maximum absolute atomic E-state index is 12.1. The molecule has 0 radical (unpaired) electrons. The molecule has 2 aromatic heterocycles. The Morgan fingerprint density at radius 1 is 1.10 bits per heavy atom. The summed E-state index contributed by atoms with van der Waals surface area (Å²) >= 11 is 1.43. The predicted molar refractivity (Wildman–Crippen MR) is 115 cm³/mol. The molecule has 0 aliphatic rings. The molecule has 0 bridgehead atoms. The summed E-state index contributed by atoms with van der Waals surface area (Å²) in [4.78, 5) is 12.8. The van der Waals surface area contributed by atoms with Crippen molar-refractivity contribution in [2.75, 3.05) is 6.61 Å². The van der Waals surface area contributed by atoms with Crippen molar-refractivity contribution in [2.24, 2.45) is 0 Å². The van der Waals surface area contributed by atoms with Crippen molar-refractivity contribution in [1.82, 2.24) is 9.78 Å². The zero-order valence-corrected chi connectivity index (χ0v) is 17.3. The number of hydrogen-bond donors (Lipinski definition) is 1. The van der Waals surface area contributed by atoms with Gasteiger partial charge in [0.1, 0.15) is 6.10 Å². The molecule has 0 saturated heterocycles. The van der Waals surface area contributed by atoms with Gasteiger partial charge in [-0.05, 0) is 35.1 Å². The number of benzene rings is 2. The third-order valence-corrected chi connectivity index (χ3v) is 5.61. The number of nitrogens with zero attached hydrogens (tertiary/aromatic N) is 2. The molecule has 0 spiro atoms. The van der Waals surface area contributed by atoms with Crippen LogP contribution in [0.25, 0.3) is 10.8 Å². The van der Waals surface area contributed by atoms with Gasteiger partial charge in [0.15, 0.2) is 0 Å². The Hall–Kier alpha value is -3.00. The van der Waals surface area contributed by atoms with Gasteiger partial charge in [0.2, 0.25) is 0 Å². The molecule has 0 saturated carbocycles. The van der Waals surface area contributed by atoms with Gasteiger partial charge in [0.25, 0.3) is 5.89 Å². The van der Waals surface area contributed by atoms with E-state index in [0.717, 1.165) is 26.2 Å². The van der Waals surface area contributed by atoms with Gasteiger partial charge in [-0.3, -0.25) is 0 Å². The second-order valence-corrected chi connectivity index (χ2v) is 7.91. The van der Waals surface area contributed by atoms with E-state index in [0.29, 0.717) is 0 Å². The van der Waals surface area contributed by atoms with Crippen molar-refractivity contribution < 1.29 is 14.3 Å². The molecule has 7 heteroatoms. The molecule has 0 aliphatic heterocycles. The van der Waals surface area contributed by atoms with Crippen LogP contribution in [0.5, 0.6) is 0 Å². The Bertz CT molecular complexity index is 1140. The fraction of sp³-hybridized carbons (Fsp3) is 0.217. The maximum Gasteiger partial charge on any atom is 0.437 e. The van der Waals surface area contributed by atoms with Crippen molar-refractivity contribution in [1.29, 1.82) is 0 Å². The fourth-order valence-electron chi connectivity index (χ4n) is 3.26. The molecule has 4 aromatic rings. The molecule has 0 aliphatic carbocycles. The molecule has 0 amide bonds. The van der Waals surface area contributed by atoms with Gasteiger partial charge in [0, 0.05) is 0 Å². The first-order valence-electron chi connectivity index (χ1n) is 9.64. The standard InChI is InChI=1S/C23H22N2O4S/c1-16-8-5-6-11-19(16)21(17-9-3-2-4-10-17)28-15-18(26)14-25-23(27)29-22(24-25)20-12-7-13-30-20/h2-13,18,21,26H,14-15H2,1H3/t18-,21-/m1/s1. The summed E-state index contributed by atoms with van der Waals surface area (Å²) in [6.45, 7) is 2.07. The van der Waals surface area contributed by atoms with Crippen molar-refractivity contribution in [3.05, 3.63) is 99.4 Å². The van der Waals surface area contributed by atoms with E-state index in [2.05, 4.69) is 5.10 Å². The number of aliphatic hydroxyl groups excluding tert-OH is 1. The summed E-state index contributed by atoms with van der Waals surface area (Å²) in [7, 11) is 0. The second kappa shape index (κ2) is 9.21. The predicted octanol–water partition coefficient (Wildman–Crippen LogP) is 4.04. The average Bonchev–Trinajstić information content (AvgIpc) is 3.41. The van der Waals surface area contributed by atoms with E-state index in [4.69, 9.17) is 9.15 Å². The zero-order valence-electron chi connectivity index (χ0n) is 16.5. The maximum atomic E-state index is 12.1. The Morgan fingerprint density at radius 3 is 2.60 bits per heavy atom. The van der Waals surface area contributed by atoms with Crippen molar-refractivity contribution in [3.8, 4) is 10.8 Å². The van der Waals surface area contributed by atoms with Crippen LogP contribution in [0.3, 0.4) is 0 Å². The van der Waals surface area contributed by atoms with Crippen LogP contribution < -0.4 is 5.76 Å². The number of hydrogen-bond acceptors (Lipinski definition) is 6. The number of thiophene rings is 1. The van der Waals surface area contributed by atoms with E-state index in [-0.39, 0.29) is 25.1 Å². The second-order valence-electron chi connectivity index (χ2n) is 6.97. The van der Waals surface area contributed by atoms with Crippen LogP contribution in [0.2, 0.25) is 0 Å². The minimum atomic E-state index is -0.917. The van der Waals surface area contributed by atoms with Gasteiger partial charge >= 0.3 is 5.76 Å². The monoisotopic (exact) mass is 422 g/mol. The van der Waals surface area contributed by atoms with E-state index >= 15 is 0 Å². The lowest BCUT2D eigenvalue weighted by molar-refractivity contribution is -0.00277. The van der Waals surface area contributed by atoms with Crippen LogP contribution in [0.4, 0.5) is 0 Å². The Labute approximate surface area is 178 Å². The van der Waals surface area contributed by atoms with E-state index < -0.39 is 11.9 Å². The first-order chi connectivity index (χ1) is 14.6. The third kappa shape index (κ3) is 4.59. The molecule has 30 heavy (non-hydrogen) atoms. The largest absolute Gasteiger partial charge is 0.437 e. The highest BCUT2D eigenvalue weighted by Gasteiger charge is 2.20. The number of aryl methyl sites for hydroxylation is 1. The van der Waals surface area contributed by atoms with Crippen LogP contribution >= 0.6 is 11.3 Å². The van der Waals surface area contributed by atoms with Gasteiger partial charge in [-0.2, -0.15) is 4.68 Å².